The fourth-order valence-corrected chi connectivity index (χ4v) is 4.99. The Kier molecular flexibility index (Phi) is 6.61. The van der Waals surface area contributed by atoms with Gasteiger partial charge in [-0.15, -0.1) is 23.1 Å². The van der Waals surface area contributed by atoms with Crippen molar-refractivity contribution in [2.45, 2.75) is 16.2 Å². The van der Waals surface area contributed by atoms with Gasteiger partial charge in [-0.1, -0.05) is 42.5 Å². The van der Waals surface area contributed by atoms with Gasteiger partial charge in [0.25, 0.3) is 0 Å². The molecule has 0 amide bonds. The zero-order valence-electron chi connectivity index (χ0n) is 15.5. The number of benzene rings is 2. The maximum absolute atomic E-state index is 12.0. The van der Waals surface area contributed by atoms with Gasteiger partial charge in [0.1, 0.15) is 10.8 Å². The zero-order valence-corrected chi connectivity index (χ0v) is 17.1. The summed E-state index contributed by atoms with van der Waals surface area (Å²) in [4.78, 5) is 13.9. The predicted molar refractivity (Wildman–Crippen MR) is 114 cm³/mol. The van der Waals surface area contributed by atoms with Crippen molar-refractivity contribution < 1.29 is 19.4 Å². The lowest BCUT2D eigenvalue weighted by atomic mass is 10.1. The Morgan fingerprint density at radius 1 is 1.11 bits per heavy atom. The van der Waals surface area contributed by atoms with E-state index in [1.165, 1.54) is 30.2 Å². The molecular weight excluding hydrogens is 394 g/mol. The molecule has 7 heteroatoms. The lowest BCUT2D eigenvalue weighted by Crippen LogP contribution is -2.27. The fourth-order valence-electron chi connectivity index (χ4n) is 2.71. The van der Waals surface area contributed by atoms with Gasteiger partial charge in [0, 0.05) is 9.77 Å². The summed E-state index contributed by atoms with van der Waals surface area (Å²) in [5.41, 5.74) is 8.08. The van der Waals surface area contributed by atoms with Gasteiger partial charge in [0.2, 0.25) is 0 Å². The third-order valence-electron chi connectivity index (χ3n) is 4.21. The van der Waals surface area contributed by atoms with Crippen molar-refractivity contribution in [3.8, 4) is 16.2 Å². The number of carbonyl (C=O) groups is 1. The van der Waals surface area contributed by atoms with E-state index in [9.17, 15) is 9.90 Å². The Balaban J connectivity index is 1.93. The standard InChI is InChI=1S/C21H21NO4S2/c1-25-15-10-8-14(9-11-15)19(18(23)21(24)26-2)27-17-12-16(28-20(17)22)13-6-4-3-5-7-13/h3-12,18-19,23H,22H2,1-2H3. The number of nitrogens with two attached hydrogens (primary N) is 1. The Morgan fingerprint density at radius 3 is 2.39 bits per heavy atom. The maximum Gasteiger partial charge on any atom is 0.336 e. The molecule has 0 bridgehead atoms. The van der Waals surface area contributed by atoms with Gasteiger partial charge < -0.3 is 20.3 Å². The van der Waals surface area contributed by atoms with Crippen LogP contribution in [0.3, 0.4) is 0 Å². The first-order chi connectivity index (χ1) is 13.5. The molecule has 2 atom stereocenters. The molecule has 0 radical (unpaired) electrons. The highest BCUT2D eigenvalue weighted by Gasteiger charge is 2.30. The predicted octanol–water partition coefficient (Wildman–Crippen LogP) is 4.37. The van der Waals surface area contributed by atoms with E-state index < -0.39 is 17.3 Å². The number of carbonyl (C=O) groups excluding carboxylic acids is 1. The molecule has 28 heavy (non-hydrogen) atoms. The second kappa shape index (κ2) is 9.14. The van der Waals surface area contributed by atoms with Gasteiger partial charge >= 0.3 is 5.97 Å². The summed E-state index contributed by atoms with van der Waals surface area (Å²) in [6.07, 6.45) is -1.33. The van der Waals surface area contributed by atoms with Gasteiger partial charge in [0.15, 0.2) is 6.10 Å². The van der Waals surface area contributed by atoms with E-state index in [4.69, 9.17) is 15.2 Å². The molecule has 2 aromatic carbocycles. The van der Waals surface area contributed by atoms with Crippen molar-refractivity contribution in [2.24, 2.45) is 0 Å². The smallest absolute Gasteiger partial charge is 0.336 e. The highest BCUT2D eigenvalue weighted by atomic mass is 32.2. The van der Waals surface area contributed by atoms with Gasteiger partial charge in [0.05, 0.1) is 19.5 Å². The molecule has 0 saturated heterocycles. The molecule has 3 N–H and O–H groups in total. The summed E-state index contributed by atoms with van der Waals surface area (Å²) < 4.78 is 9.93. The lowest BCUT2D eigenvalue weighted by molar-refractivity contribution is -0.150. The second-order valence-electron chi connectivity index (χ2n) is 5.98. The number of aliphatic hydroxyl groups excluding tert-OH is 1. The number of hydrogen-bond donors (Lipinski definition) is 2. The molecule has 0 spiro atoms. The molecule has 0 fully saturated rings. The van der Waals surface area contributed by atoms with Crippen LogP contribution in [0.1, 0.15) is 10.8 Å². The van der Waals surface area contributed by atoms with Crippen LogP contribution >= 0.6 is 23.1 Å². The van der Waals surface area contributed by atoms with Crippen LogP contribution in [0, 0.1) is 0 Å². The topological polar surface area (TPSA) is 81.8 Å². The number of anilines is 1. The van der Waals surface area contributed by atoms with E-state index in [0.717, 1.165) is 20.9 Å². The van der Waals surface area contributed by atoms with Crippen LogP contribution in [0.25, 0.3) is 10.4 Å². The quantitative estimate of drug-likeness (QED) is 0.440. The number of ether oxygens (including phenoxy) is 2. The van der Waals surface area contributed by atoms with Crippen LogP contribution in [-0.2, 0) is 9.53 Å². The summed E-state index contributed by atoms with van der Waals surface area (Å²) in [5, 5.41) is 10.6. The summed E-state index contributed by atoms with van der Waals surface area (Å²) in [5.74, 6) is 0.00636. The molecule has 3 rings (SSSR count). The Bertz CT molecular complexity index is 925. The van der Waals surface area contributed by atoms with Crippen LogP contribution in [0.2, 0.25) is 0 Å². The SMILES string of the molecule is COC(=O)C(O)C(Sc1cc(-c2ccccc2)sc1N)c1ccc(OC)cc1. The van der Waals surface area contributed by atoms with Crippen LogP contribution in [0.15, 0.2) is 65.6 Å². The number of hydrogen-bond acceptors (Lipinski definition) is 7. The third kappa shape index (κ3) is 4.49. The average molecular weight is 416 g/mol. The zero-order chi connectivity index (χ0) is 20.1. The number of rotatable bonds is 7. The van der Waals surface area contributed by atoms with Crippen molar-refractivity contribution >= 4 is 34.1 Å². The largest absolute Gasteiger partial charge is 0.497 e. The normalized spacial score (nSPS) is 13.0. The van der Waals surface area contributed by atoms with Crippen LogP contribution in [0.5, 0.6) is 5.75 Å². The first-order valence-electron chi connectivity index (χ1n) is 8.54. The minimum Gasteiger partial charge on any atom is -0.497 e. The minimum atomic E-state index is -1.33. The monoisotopic (exact) mass is 415 g/mol. The van der Waals surface area contributed by atoms with E-state index in [-0.39, 0.29) is 0 Å². The Morgan fingerprint density at radius 2 is 1.79 bits per heavy atom. The van der Waals surface area contributed by atoms with Crippen molar-refractivity contribution in [3.63, 3.8) is 0 Å². The molecule has 0 aliphatic carbocycles. The number of nitrogen functional groups attached to an aromatic ring is 1. The van der Waals surface area contributed by atoms with Crippen LogP contribution in [-0.4, -0.2) is 31.4 Å². The molecule has 1 aromatic heterocycles. The second-order valence-corrected chi connectivity index (χ2v) is 8.25. The molecule has 5 nitrogen and oxygen atoms in total. The van der Waals surface area contributed by atoms with Crippen molar-refractivity contribution in [2.75, 3.05) is 20.0 Å². The summed E-state index contributed by atoms with van der Waals surface area (Å²) in [7, 11) is 2.84. The molecule has 0 saturated carbocycles. The maximum atomic E-state index is 12.0. The van der Waals surface area contributed by atoms with E-state index in [1.807, 2.05) is 48.5 Å². The van der Waals surface area contributed by atoms with Gasteiger partial charge in [-0.25, -0.2) is 4.79 Å². The van der Waals surface area contributed by atoms with Crippen LogP contribution in [0.4, 0.5) is 5.00 Å². The number of esters is 1. The summed E-state index contributed by atoms with van der Waals surface area (Å²) in [6.45, 7) is 0. The van der Waals surface area contributed by atoms with Crippen molar-refractivity contribution in [3.05, 3.63) is 66.2 Å². The van der Waals surface area contributed by atoms with Crippen LogP contribution < -0.4 is 10.5 Å². The van der Waals surface area contributed by atoms with E-state index >= 15 is 0 Å². The number of methoxy groups -OCH3 is 2. The molecule has 1 heterocycles. The Hall–Kier alpha value is -2.48. The van der Waals surface area contributed by atoms with Crippen molar-refractivity contribution in [1.29, 1.82) is 0 Å². The molecule has 146 valence electrons. The fraction of sp³-hybridized carbons (Fsp3) is 0.190. The molecule has 0 aliphatic heterocycles. The highest BCUT2D eigenvalue weighted by molar-refractivity contribution is 8.00. The summed E-state index contributed by atoms with van der Waals surface area (Å²) in [6, 6.07) is 19.2. The number of aliphatic hydroxyl groups is 1. The lowest BCUT2D eigenvalue weighted by Gasteiger charge is -2.21. The number of thiophene rings is 1. The number of thioether (sulfide) groups is 1. The third-order valence-corrected chi connectivity index (χ3v) is 6.73. The first-order valence-corrected chi connectivity index (χ1v) is 10.2. The first kappa shape index (κ1) is 20.3. The highest BCUT2D eigenvalue weighted by Crippen LogP contribution is 2.46. The van der Waals surface area contributed by atoms with Crippen molar-refractivity contribution in [1.82, 2.24) is 0 Å². The van der Waals surface area contributed by atoms with E-state index in [1.54, 1.807) is 19.2 Å². The molecule has 3 aromatic rings. The van der Waals surface area contributed by atoms with E-state index in [0.29, 0.717) is 10.8 Å². The van der Waals surface area contributed by atoms with E-state index in [2.05, 4.69) is 0 Å². The molecule has 0 aliphatic rings. The minimum absolute atomic E-state index is 0.570. The summed E-state index contributed by atoms with van der Waals surface area (Å²) >= 11 is 2.82. The Labute approximate surface area is 172 Å². The van der Waals surface area contributed by atoms with Gasteiger partial charge in [-0.05, 0) is 29.3 Å². The van der Waals surface area contributed by atoms with Gasteiger partial charge in [-0.2, -0.15) is 0 Å². The average Bonchev–Trinajstić information content (AvgIpc) is 3.12. The molecule has 2 unspecified atom stereocenters. The van der Waals surface area contributed by atoms with Gasteiger partial charge in [-0.3, -0.25) is 0 Å². The molecular formula is C21H21NO4S2.